The van der Waals surface area contributed by atoms with Crippen LogP contribution < -0.4 is 37.2 Å². The third-order valence-corrected chi connectivity index (χ3v) is 6.08. The molecule has 0 fully saturated rings. The SMILES string of the molecule is CNCCOB(c1ccccc1)c1ccc(Oc2ccc(B(OCCNC)c3ccccc3)cc2)cc1. The fourth-order valence-corrected chi connectivity index (χ4v) is 4.14. The summed E-state index contributed by atoms with van der Waals surface area (Å²) < 4.78 is 18.6. The summed E-state index contributed by atoms with van der Waals surface area (Å²) in [7, 11) is 3.86. The molecule has 0 radical (unpaired) electrons. The van der Waals surface area contributed by atoms with Gasteiger partial charge in [0.1, 0.15) is 11.5 Å². The second-order valence-electron chi connectivity index (χ2n) is 8.77. The molecule has 0 amide bonds. The zero-order valence-electron chi connectivity index (χ0n) is 21.6. The van der Waals surface area contributed by atoms with Gasteiger partial charge in [0.2, 0.25) is 0 Å². The molecule has 5 nitrogen and oxygen atoms in total. The molecule has 188 valence electrons. The van der Waals surface area contributed by atoms with Crippen LogP contribution in [0.2, 0.25) is 0 Å². The molecule has 4 aromatic carbocycles. The van der Waals surface area contributed by atoms with Crippen molar-refractivity contribution in [1.29, 1.82) is 0 Å². The lowest BCUT2D eigenvalue weighted by Crippen LogP contribution is -2.45. The van der Waals surface area contributed by atoms with Gasteiger partial charge in [-0.05, 0) is 60.2 Å². The zero-order valence-corrected chi connectivity index (χ0v) is 21.6. The molecule has 0 saturated heterocycles. The third-order valence-electron chi connectivity index (χ3n) is 6.08. The average molecular weight is 492 g/mol. The lowest BCUT2D eigenvalue weighted by atomic mass is 9.55. The Morgan fingerprint density at radius 1 is 0.486 bits per heavy atom. The summed E-state index contributed by atoms with van der Waals surface area (Å²) in [5.74, 6) is 1.56. The van der Waals surface area contributed by atoms with Gasteiger partial charge in [0.25, 0.3) is 0 Å². The second-order valence-corrected chi connectivity index (χ2v) is 8.77. The minimum Gasteiger partial charge on any atom is -0.457 e. The standard InChI is InChI=1S/C30H34B2N2O3/c1-33-21-23-35-31(25-9-5-3-6-10-25)27-13-17-29(18-14-27)37-30-19-15-28(16-20-30)32(36-24-22-34-2)26-11-7-4-8-12-26/h3-20,33-34H,21-24H2,1-2H3. The summed E-state index contributed by atoms with van der Waals surface area (Å²) in [5.41, 5.74) is 4.45. The number of ether oxygens (including phenoxy) is 1. The van der Waals surface area contributed by atoms with Gasteiger partial charge in [-0.2, -0.15) is 0 Å². The van der Waals surface area contributed by atoms with Gasteiger partial charge in [0, 0.05) is 26.3 Å². The van der Waals surface area contributed by atoms with Crippen LogP contribution in [0.5, 0.6) is 11.5 Å². The maximum Gasteiger partial charge on any atom is 0.361 e. The first-order chi connectivity index (χ1) is 18.3. The molecule has 0 aliphatic carbocycles. The van der Waals surface area contributed by atoms with E-state index in [9.17, 15) is 0 Å². The van der Waals surface area contributed by atoms with Crippen molar-refractivity contribution in [2.24, 2.45) is 0 Å². The molecule has 4 aromatic rings. The highest BCUT2D eigenvalue weighted by atomic mass is 16.5. The average Bonchev–Trinajstić information content (AvgIpc) is 2.96. The van der Waals surface area contributed by atoms with Crippen LogP contribution in [-0.4, -0.2) is 54.2 Å². The van der Waals surface area contributed by atoms with Crippen LogP contribution in [0, 0.1) is 0 Å². The van der Waals surface area contributed by atoms with E-state index in [0.717, 1.165) is 46.4 Å². The number of nitrogens with one attached hydrogen (secondary N) is 2. The number of benzene rings is 4. The van der Waals surface area contributed by atoms with E-state index >= 15 is 0 Å². The molecule has 37 heavy (non-hydrogen) atoms. The van der Waals surface area contributed by atoms with Crippen LogP contribution >= 0.6 is 0 Å². The quantitative estimate of drug-likeness (QED) is 0.209. The number of hydrogen-bond donors (Lipinski definition) is 2. The van der Waals surface area contributed by atoms with E-state index in [1.54, 1.807) is 0 Å². The van der Waals surface area contributed by atoms with Gasteiger partial charge in [0.15, 0.2) is 0 Å². The number of rotatable bonds is 14. The molecule has 0 atom stereocenters. The fraction of sp³-hybridized carbons (Fsp3) is 0.200. The highest BCUT2D eigenvalue weighted by molar-refractivity contribution is 6.80. The van der Waals surface area contributed by atoms with E-state index in [-0.39, 0.29) is 13.8 Å². The molecule has 0 unspecified atom stereocenters. The minimum absolute atomic E-state index is 0.124. The predicted molar refractivity (Wildman–Crippen MR) is 156 cm³/mol. The van der Waals surface area contributed by atoms with Crippen LogP contribution in [0.3, 0.4) is 0 Å². The van der Waals surface area contributed by atoms with Gasteiger partial charge in [-0.1, -0.05) is 84.9 Å². The molecular formula is C30H34B2N2O3. The molecule has 0 aromatic heterocycles. The van der Waals surface area contributed by atoms with Crippen molar-refractivity contribution in [2.45, 2.75) is 0 Å². The van der Waals surface area contributed by atoms with E-state index in [2.05, 4.69) is 59.2 Å². The van der Waals surface area contributed by atoms with Crippen molar-refractivity contribution in [3.63, 3.8) is 0 Å². The maximum atomic E-state index is 6.20. The van der Waals surface area contributed by atoms with Crippen LogP contribution in [0.4, 0.5) is 0 Å². The van der Waals surface area contributed by atoms with Crippen molar-refractivity contribution in [3.05, 3.63) is 109 Å². The molecule has 0 bridgehead atoms. The van der Waals surface area contributed by atoms with E-state index < -0.39 is 0 Å². The molecule has 0 aliphatic rings. The van der Waals surface area contributed by atoms with E-state index in [4.69, 9.17) is 14.0 Å². The summed E-state index contributed by atoms with van der Waals surface area (Å²) >= 11 is 0. The van der Waals surface area contributed by atoms with Crippen LogP contribution in [0.1, 0.15) is 0 Å². The third kappa shape index (κ3) is 7.81. The van der Waals surface area contributed by atoms with E-state index in [1.807, 2.05) is 74.8 Å². The van der Waals surface area contributed by atoms with Crippen LogP contribution in [-0.2, 0) is 9.31 Å². The Labute approximate surface area is 221 Å². The summed E-state index contributed by atoms with van der Waals surface area (Å²) in [4.78, 5) is 0. The minimum atomic E-state index is -0.124. The van der Waals surface area contributed by atoms with Gasteiger partial charge in [-0.3, -0.25) is 0 Å². The smallest absolute Gasteiger partial charge is 0.361 e. The van der Waals surface area contributed by atoms with Gasteiger partial charge >= 0.3 is 13.8 Å². The lowest BCUT2D eigenvalue weighted by molar-refractivity contribution is 0.333. The summed E-state index contributed by atoms with van der Waals surface area (Å²) in [5, 5.41) is 6.28. The Morgan fingerprint density at radius 2 is 0.838 bits per heavy atom. The van der Waals surface area contributed by atoms with Crippen LogP contribution in [0.15, 0.2) is 109 Å². The predicted octanol–water partition coefficient (Wildman–Crippen LogP) is 2.16. The molecule has 0 aliphatic heterocycles. The van der Waals surface area contributed by atoms with Crippen molar-refractivity contribution >= 4 is 35.7 Å². The highest BCUT2D eigenvalue weighted by Gasteiger charge is 2.22. The molecule has 4 rings (SSSR count). The Hall–Kier alpha value is -3.35. The van der Waals surface area contributed by atoms with Gasteiger partial charge in [-0.25, -0.2) is 0 Å². The van der Waals surface area contributed by atoms with Crippen molar-refractivity contribution in [3.8, 4) is 11.5 Å². The molecule has 0 spiro atoms. The highest BCUT2D eigenvalue weighted by Crippen LogP contribution is 2.19. The Bertz CT molecular complexity index is 1080. The van der Waals surface area contributed by atoms with Gasteiger partial charge in [0.05, 0.1) is 0 Å². The van der Waals surface area contributed by atoms with Crippen molar-refractivity contribution in [2.75, 3.05) is 40.4 Å². The van der Waals surface area contributed by atoms with Gasteiger partial charge < -0.3 is 24.7 Å². The molecule has 0 saturated carbocycles. The first kappa shape index (κ1) is 26.7. The first-order valence-electron chi connectivity index (χ1n) is 12.8. The summed E-state index contributed by atoms with van der Waals surface area (Å²) in [6.07, 6.45) is 0. The van der Waals surface area contributed by atoms with Crippen LogP contribution in [0.25, 0.3) is 0 Å². The Kier molecular flexibility index (Phi) is 10.4. The Balaban J connectivity index is 1.45. The second kappa shape index (κ2) is 14.4. The number of likely N-dealkylation sites (N-methyl/N-ethyl adjacent to an activating group) is 2. The largest absolute Gasteiger partial charge is 0.457 e. The zero-order chi connectivity index (χ0) is 25.7. The van der Waals surface area contributed by atoms with Crippen molar-refractivity contribution < 1.29 is 14.0 Å². The maximum absolute atomic E-state index is 6.20. The number of hydrogen-bond acceptors (Lipinski definition) is 5. The molecule has 0 heterocycles. The molecule has 2 N–H and O–H groups in total. The topological polar surface area (TPSA) is 51.8 Å². The summed E-state index contributed by atoms with van der Waals surface area (Å²) in [6, 6.07) is 36.9. The van der Waals surface area contributed by atoms with E-state index in [1.165, 1.54) is 0 Å². The fourth-order valence-electron chi connectivity index (χ4n) is 4.14. The first-order valence-corrected chi connectivity index (χ1v) is 12.8. The normalized spacial score (nSPS) is 10.8. The lowest BCUT2D eigenvalue weighted by Gasteiger charge is -2.17. The Morgan fingerprint density at radius 3 is 1.19 bits per heavy atom. The van der Waals surface area contributed by atoms with Gasteiger partial charge in [-0.15, -0.1) is 0 Å². The van der Waals surface area contributed by atoms with Crippen molar-refractivity contribution in [1.82, 2.24) is 10.6 Å². The molecule has 7 heteroatoms. The van der Waals surface area contributed by atoms with E-state index in [0.29, 0.717) is 13.2 Å². The molecular weight excluding hydrogens is 458 g/mol. The summed E-state index contributed by atoms with van der Waals surface area (Å²) in [6.45, 7) is 2.60. The monoisotopic (exact) mass is 492 g/mol.